The zero-order chi connectivity index (χ0) is 21.3. The highest BCUT2D eigenvalue weighted by Gasteiger charge is 2.24. The SMILES string of the molecule is CCCCCCOc1ccc(C(=O)N2CCN(c3ccc(Cl)nn3)CC2)cc1OC. The quantitative estimate of drug-likeness (QED) is 0.556. The summed E-state index contributed by atoms with van der Waals surface area (Å²) in [5.74, 6) is 2.03. The number of benzene rings is 1. The van der Waals surface area contributed by atoms with E-state index < -0.39 is 0 Å². The van der Waals surface area contributed by atoms with Gasteiger partial charge in [-0.2, -0.15) is 0 Å². The second kappa shape index (κ2) is 11.0. The number of hydrogen-bond donors (Lipinski definition) is 0. The van der Waals surface area contributed by atoms with Crippen molar-refractivity contribution >= 4 is 23.3 Å². The average Bonchev–Trinajstić information content (AvgIpc) is 2.79. The van der Waals surface area contributed by atoms with Crippen LogP contribution in [0.25, 0.3) is 0 Å². The predicted molar refractivity (Wildman–Crippen MR) is 118 cm³/mol. The van der Waals surface area contributed by atoms with Crippen molar-refractivity contribution in [2.75, 3.05) is 44.8 Å². The molecule has 7 nitrogen and oxygen atoms in total. The van der Waals surface area contributed by atoms with Gasteiger partial charge in [-0.1, -0.05) is 37.8 Å². The van der Waals surface area contributed by atoms with Gasteiger partial charge in [-0.3, -0.25) is 4.79 Å². The van der Waals surface area contributed by atoms with Gasteiger partial charge in [0.05, 0.1) is 13.7 Å². The highest BCUT2D eigenvalue weighted by molar-refractivity contribution is 6.29. The Morgan fingerprint density at radius 2 is 1.83 bits per heavy atom. The molecule has 1 aliphatic heterocycles. The lowest BCUT2D eigenvalue weighted by Gasteiger charge is -2.35. The standard InChI is InChI=1S/C22H29ClN4O3/c1-3-4-5-6-15-30-18-8-7-17(16-19(18)29-2)22(28)27-13-11-26(12-14-27)21-10-9-20(23)24-25-21/h7-10,16H,3-6,11-15H2,1-2H3. The van der Waals surface area contributed by atoms with E-state index in [9.17, 15) is 4.79 Å². The summed E-state index contributed by atoms with van der Waals surface area (Å²) in [4.78, 5) is 16.9. The lowest BCUT2D eigenvalue weighted by molar-refractivity contribution is 0.0746. The number of rotatable bonds is 9. The third kappa shape index (κ3) is 5.75. The van der Waals surface area contributed by atoms with Gasteiger partial charge in [-0.15, -0.1) is 10.2 Å². The fourth-order valence-corrected chi connectivity index (χ4v) is 3.53. The van der Waals surface area contributed by atoms with E-state index in [-0.39, 0.29) is 5.91 Å². The summed E-state index contributed by atoms with van der Waals surface area (Å²) in [6.45, 7) is 5.45. The Morgan fingerprint density at radius 1 is 1.03 bits per heavy atom. The van der Waals surface area contributed by atoms with Crippen LogP contribution in [-0.2, 0) is 0 Å². The minimum atomic E-state index is -0.00960. The van der Waals surface area contributed by atoms with Crippen LogP contribution >= 0.6 is 11.6 Å². The number of anilines is 1. The van der Waals surface area contributed by atoms with Crippen LogP contribution in [0.4, 0.5) is 5.82 Å². The number of aromatic nitrogens is 2. The molecular weight excluding hydrogens is 404 g/mol. The van der Waals surface area contributed by atoms with Crippen molar-refractivity contribution in [3.63, 3.8) is 0 Å². The van der Waals surface area contributed by atoms with E-state index in [1.807, 2.05) is 23.1 Å². The number of carbonyl (C=O) groups is 1. The van der Waals surface area contributed by atoms with E-state index in [1.165, 1.54) is 12.8 Å². The van der Waals surface area contributed by atoms with E-state index in [4.69, 9.17) is 21.1 Å². The molecule has 0 saturated carbocycles. The van der Waals surface area contributed by atoms with Crippen LogP contribution in [0, 0.1) is 0 Å². The Hall–Kier alpha value is -2.54. The number of piperazine rings is 1. The summed E-state index contributed by atoms with van der Waals surface area (Å²) in [6.07, 6.45) is 4.58. The molecule has 8 heteroatoms. The largest absolute Gasteiger partial charge is 0.493 e. The molecule has 0 spiro atoms. The monoisotopic (exact) mass is 432 g/mol. The maximum atomic E-state index is 13.0. The van der Waals surface area contributed by atoms with E-state index >= 15 is 0 Å². The predicted octanol–water partition coefficient (Wildman–Crippen LogP) is 4.06. The maximum Gasteiger partial charge on any atom is 0.254 e. The average molecular weight is 433 g/mol. The minimum Gasteiger partial charge on any atom is -0.493 e. The number of amides is 1. The number of nitrogens with zero attached hydrogens (tertiary/aromatic N) is 4. The second-order valence-electron chi connectivity index (χ2n) is 7.27. The molecule has 30 heavy (non-hydrogen) atoms. The zero-order valence-corrected chi connectivity index (χ0v) is 18.4. The van der Waals surface area contributed by atoms with Crippen LogP contribution in [0.1, 0.15) is 43.0 Å². The molecule has 1 saturated heterocycles. The van der Waals surface area contributed by atoms with E-state index in [1.54, 1.807) is 19.2 Å². The van der Waals surface area contributed by atoms with Gasteiger partial charge in [-0.05, 0) is 36.8 Å². The summed E-state index contributed by atoms with van der Waals surface area (Å²) >= 11 is 5.80. The summed E-state index contributed by atoms with van der Waals surface area (Å²) in [7, 11) is 1.60. The number of ether oxygens (including phenoxy) is 2. The number of methoxy groups -OCH3 is 1. The third-order valence-electron chi connectivity index (χ3n) is 5.17. The molecule has 162 valence electrons. The van der Waals surface area contributed by atoms with Crippen LogP contribution < -0.4 is 14.4 Å². The van der Waals surface area contributed by atoms with E-state index in [0.717, 1.165) is 18.7 Å². The molecule has 2 heterocycles. The molecule has 0 unspecified atom stereocenters. The van der Waals surface area contributed by atoms with E-state index in [2.05, 4.69) is 22.0 Å². The molecule has 1 fully saturated rings. The fraction of sp³-hybridized carbons (Fsp3) is 0.500. The Morgan fingerprint density at radius 3 is 2.50 bits per heavy atom. The number of hydrogen-bond acceptors (Lipinski definition) is 6. The highest BCUT2D eigenvalue weighted by Crippen LogP contribution is 2.29. The fourth-order valence-electron chi connectivity index (χ4n) is 3.43. The first kappa shape index (κ1) is 22.2. The summed E-state index contributed by atoms with van der Waals surface area (Å²) in [5.41, 5.74) is 0.602. The molecule has 0 atom stereocenters. The lowest BCUT2D eigenvalue weighted by atomic mass is 10.1. The second-order valence-corrected chi connectivity index (χ2v) is 7.66. The molecule has 0 bridgehead atoms. The smallest absolute Gasteiger partial charge is 0.254 e. The van der Waals surface area contributed by atoms with Gasteiger partial charge in [0.15, 0.2) is 22.5 Å². The van der Waals surface area contributed by atoms with Crippen molar-refractivity contribution in [1.82, 2.24) is 15.1 Å². The van der Waals surface area contributed by atoms with Crippen LogP contribution in [0.15, 0.2) is 30.3 Å². The van der Waals surface area contributed by atoms with Gasteiger partial charge in [0.25, 0.3) is 5.91 Å². The Labute approximate surface area is 182 Å². The Balaban J connectivity index is 1.56. The van der Waals surface area contributed by atoms with Crippen molar-refractivity contribution < 1.29 is 14.3 Å². The number of carbonyl (C=O) groups excluding carboxylic acids is 1. The van der Waals surface area contributed by atoms with Crippen LogP contribution in [0.5, 0.6) is 11.5 Å². The molecule has 1 aromatic carbocycles. The van der Waals surface area contributed by atoms with Gasteiger partial charge in [-0.25, -0.2) is 0 Å². The molecule has 1 amide bonds. The van der Waals surface area contributed by atoms with Crippen molar-refractivity contribution in [3.05, 3.63) is 41.0 Å². The topological polar surface area (TPSA) is 67.8 Å². The Kier molecular flexibility index (Phi) is 8.13. The molecule has 0 N–H and O–H groups in total. The van der Waals surface area contributed by atoms with Gasteiger partial charge < -0.3 is 19.3 Å². The third-order valence-corrected chi connectivity index (χ3v) is 5.38. The first-order valence-electron chi connectivity index (χ1n) is 10.5. The zero-order valence-electron chi connectivity index (χ0n) is 17.6. The molecular formula is C22H29ClN4O3. The number of halogens is 1. The first-order chi connectivity index (χ1) is 14.6. The van der Waals surface area contributed by atoms with Crippen LogP contribution in [0.3, 0.4) is 0 Å². The van der Waals surface area contributed by atoms with Gasteiger partial charge in [0.1, 0.15) is 0 Å². The first-order valence-corrected chi connectivity index (χ1v) is 10.8. The lowest BCUT2D eigenvalue weighted by Crippen LogP contribution is -2.49. The van der Waals surface area contributed by atoms with Crippen molar-refractivity contribution in [1.29, 1.82) is 0 Å². The molecule has 3 rings (SSSR count). The van der Waals surface area contributed by atoms with Gasteiger partial charge >= 0.3 is 0 Å². The molecule has 2 aromatic rings. The van der Waals surface area contributed by atoms with Gasteiger partial charge in [0.2, 0.25) is 0 Å². The van der Waals surface area contributed by atoms with Crippen molar-refractivity contribution in [2.24, 2.45) is 0 Å². The van der Waals surface area contributed by atoms with Crippen LogP contribution in [0.2, 0.25) is 5.15 Å². The Bertz CT molecular complexity index is 824. The van der Waals surface area contributed by atoms with Crippen molar-refractivity contribution in [3.8, 4) is 11.5 Å². The molecule has 1 aliphatic rings. The molecule has 1 aromatic heterocycles. The highest BCUT2D eigenvalue weighted by atomic mass is 35.5. The molecule has 0 aliphatic carbocycles. The van der Waals surface area contributed by atoms with Gasteiger partial charge in [0, 0.05) is 31.7 Å². The van der Waals surface area contributed by atoms with E-state index in [0.29, 0.717) is 55.0 Å². The minimum absolute atomic E-state index is 0.00960. The van der Waals surface area contributed by atoms with Crippen molar-refractivity contribution in [2.45, 2.75) is 32.6 Å². The summed E-state index contributed by atoms with van der Waals surface area (Å²) < 4.78 is 11.3. The maximum absolute atomic E-state index is 13.0. The molecule has 0 radical (unpaired) electrons. The number of unbranched alkanes of at least 4 members (excludes halogenated alkanes) is 3. The summed E-state index contributed by atoms with van der Waals surface area (Å²) in [6, 6.07) is 8.97. The normalized spacial score (nSPS) is 14.0. The summed E-state index contributed by atoms with van der Waals surface area (Å²) in [5, 5.41) is 8.37. The van der Waals surface area contributed by atoms with Crippen LogP contribution in [-0.4, -0.2) is 60.9 Å².